The highest BCUT2D eigenvalue weighted by Gasteiger charge is 2.49. The zero-order valence-electron chi connectivity index (χ0n) is 25.1. The number of hydrogen-bond donors (Lipinski definition) is 3. The summed E-state index contributed by atoms with van der Waals surface area (Å²) in [6.45, 7) is 6.86. The van der Waals surface area contributed by atoms with Crippen molar-refractivity contribution in [2.75, 3.05) is 26.2 Å². The molecule has 0 bridgehead atoms. The fraction of sp³-hybridized carbons (Fsp3) is 0.576. The first kappa shape index (κ1) is 30.0. The molecule has 3 amide bonds. The SMILES string of the molecule is CCCCC1(CC2CCCCC2)NC(=N)N(Cc2ccc(CNC(=O)N3CCN(Cc4ccccn4)CC3)cc2)C1=O. The van der Waals surface area contributed by atoms with Gasteiger partial charge < -0.3 is 15.5 Å². The highest BCUT2D eigenvalue weighted by Crippen LogP contribution is 2.36. The molecule has 2 aliphatic heterocycles. The predicted octanol–water partition coefficient (Wildman–Crippen LogP) is 4.87. The van der Waals surface area contributed by atoms with Gasteiger partial charge in [-0.15, -0.1) is 0 Å². The molecule has 9 nitrogen and oxygen atoms in total. The van der Waals surface area contributed by atoms with Crippen LogP contribution in [0.4, 0.5) is 4.79 Å². The van der Waals surface area contributed by atoms with E-state index in [2.05, 4.69) is 27.4 Å². The molecule has 1 unspecified atom stereocenters. The molecule has 3 fully saturated rings. The van der Waals surface area contributed by atoms with Gasteiger partial charge >= 0.3 is 6.03 Å². The van der Waals surface area contributed by atoms with E-state index < -0.39 is 5.54 Å². The molecule has 1 aromatic heterocycles. The van der Waals surface area contributed by atoms with Gasteiger partial charge in [-0.05, 0) is 42.0 Å². The van der Waals surface area contributed by atoms with Crippen molar-refractivity contribution in [1.82, 2.24) is 30.3 Å². The lowest BCUT2D eigenvalue weighted by molar-refractivity contribution is -0.132. The van der Waals surface area contributed by atoms with Gasteiger partial charge in [0.25, 0.3) is 5.91 Å². The Morgan fingerprint density at radius 2 is 1.76 bits per heavy atom. The third-order valence-electron chi connectivity index (χ3n) is 9.18. The van der Waals surface area contributed by atoms with Crippen LogP contribution >= 0.6 is 0 Å². The maximum absolute atomic E-state index is 13.8. The molecule has 0 spiro atoms. The Labute approximate surface area is 250 Å². The normalized spacial score (nSPS) is 21.9. The van der Waals surface area contributed by atoms with E-state index in [0.29, 0.717) is 32.1 Å². The van der Waals surface area contributed by atoms with E-state index >= 15 is 0 Å². The van der Waals surface area contributed by atoms with Crippen molar-refractivity contribution >= 4 is 17.9 Å². The van der Waals surface area contributed by atoms with E-state index in [-0.39, 0.29) is 17.9 Å². The number of amides is 3. The smallest absolute Gasteiger partial charge is 0.317 e. The van der Waals surface area contributed by atoms with Crippen LogP contribution in [0.1, 0.15) is 81.5 Å². The van der Waals surface area contributed by atoms with Crippen LogP contribution < -0.4 is 10.6 Å². The van der Waals surface area contributed by atoms with Crippen molar-refractivity contribution in [2.24, 2.45) is 5.92 Å². The third kappa shape index (κ3) is 7.48. The van der Waals surface area contributed by atoms with Crippen LogP contribution in [0.15, 0.2) is 48.7 Å². The van der Waals surface area contributed by atoms with Crippen molar-refractivity contribution in [3.63, 3.8) is 0 Å². The van der Waals surface area contributed by atoms with E-state index in [0.717, 1.165) is 62.1 Å². The van der Waals surface area contributed by atoms with Crippen LogP contribution in [-0.2, 0) is 24.4 Å². The van der Waals surface area contributed by atoms with E-state index in [1.807, 2.05) is 53.6 Å². The van der Waals surface area contributed by atoms with Crippen molar-refractivity contribution < 1.29 is 9.59 Å². The lowest BCUT2D eigenvalue weighted by Crippen LogP contribution is -2.51. The van der Waals surface area contributed by atoms with E-state index in [4.69, 9.17) is 5.41 Å². The van der Waals surface area contributed by atoms with Gasteiger partial charge in [0.15, 0.2) is 5.96 Å². The fourth-order valence-corrected chi connectivity index (χ4v) is 6.70. The standard InChI is InChI=1S/C33H47N7O2/c1-2-3-16-33(22-26-9-5-4-6-10-26)30(41)40(31(34)37-33)24-28-14-12-27(13-15-28)23-36-32(42)39-20-18-38(19-21-39)25-29-11-7-8-17-35-29/h7-8,11-15,17,26H,2-6,9-10,16,18-25H2,1H3,(H2,34,37)(H,36,42). The number of nitrogens with one attached hydrogen (secondary N) is 3. The minimum atomic E-state index is -0.636. The molecule has 42 heavy (non-hydrogen) atoms. The Morgan fingerprint density at radius 1 is 1.02 bits per heavy atom. The van der Waals surface area contributed by atoms with Gasteiger partial charge in [0.05, 0.1) is 12.2 Å². The maximum Gasteiger partial charge on any atom is 0.317 e. The maximum atomic E-state index is 13.8. The zero-order valence-corrected chi connectivity index (χ0v) is 25.1. The lowest BCUT2D eigenvalue weighted by atomic mass is 9.77. The minimum absolute atomic E-state index is 0.0415. The Kier molecular flexibility index (Phi) is 10.1. The number of carbonyl (C=O) groups is 2. The van der Waals surface area contributed by atoms with E-state index in [1.54, 1.807) is 4.90 Å². The van der Waals surface area contributed by atoms with E-state index in [9.17, 15) is 9.59 Å². The Bertz CT molecular complexity index is 1190. The number of carbonyl (C=O) groups excluding carboxylic acids is 2. The van der Waals surface area contributed by atoms with Gasteiger partial charge in [-0.25, -0.2) is 4.79 Å². The molecule has 1 atom stereocenters. The quantitative estimate of drug-likeness (QED) is 0.356. The summed E-state index contributed by atoms with van der Waals surface area (Å²) >= 11 is 0. The second-order valence-electron chi connectivity index (χ2n) is 12.3. The van der Waals surface area contributed by atoms with Gasteiger partial charge in [0.2, 0.25) is 0 Å². The molecule has 5 rings (SSSR count). The molecule has 3 N–H and O–H groups in total. The average Bonchev–Trinajstić information content (AvgIpc) is 3.25. The second kappa shape index (κ2) is 14.1. The summed E-state index contributed by atoms with van der Waals surface area (Å²) in [6, 6.07) is 13.9. The van der Waals surface area contributed by atoms with Crippen molar-refractivity contribution in [1.29, 1.82) is 5.41 Å². The molecule has 9 heteroatoms. The summed E-state index contributed by atoms with van der Waals surface area (Å²) in [4.78, 5) is 36.8. The molecule has 1 aromatic carbocycles. The molecular weight excluding hydrogens is 526 g/mol. The summed E-state index contributed by atoms with van der Waals surface area (Å²) in [5.74, 6) is 0.844. The first-order valence-corrected chi connectivity index (χ1v) is 15.9. The number of guanidine groups is 1. The zero-order chi connectivity index (χ0) is 29.4. The lowest BCUT2D eigenvalue weighted by Gasteiger charge is -2.34. The third-order valence-corrected chi connectivity index (χ3v) is 9.18. The molecule has 2 saturated heterocycles. The van der Waals surface area contributed by atoms with Gasteiger partial charge in [0.1, 0.15) is 5.54 Å². The number of piperazine rings is 1. The average molecular weight is 574 g/mol. The second-order valence-corrected chi connectivity index (χ2v) is 12.3. The van der Waals surface area contributed by atoms with Crippen LogP contribution in [-0.4, -0.2) is 69.3 Å². The number of aromatic nitrogens is 1. The Morgan fingerprint density at radius 3 is 2.45 bits per heavy atom. The molecule has 1 saturated carbocycles. The molecule has 1 aliphatic carbocycles. The van der Waals surface area contributed by atoms with Crippen molar-refractivity contribution in [3.05, 3.63) is 65.5 Å². The topological polar surface area (TPSA) is 105 Å². The molecule has 3 heterocycles. The number of nitrogens with zero attached hydrogens (tertiary/aromatic N) is 4. The molecule has 2 aromatic rings. The summed E-state index contributed by atoms with van der Waals surface area (Å²) < 4.78 is 0. The first-order chi connectivity index (χ1) is 20.5. The van der Waals surface area contributed by atoms with Crippen molar-refractivity contribution in [3.8, 4) is 0 Å². The van der Waals surface area contributed by atoms with Crippen LogP contribution in [0.2, 0.25) is 0 Å². The largest absolute Gasteiger partial charge is 0.342 e. The van der Waals surface area contributed by atoms with Gasteiger partial charge in [0, 0.05) is 45.5 Å². The predicted molar refractivity (Wildman–Crippen MR) is 165 cm³/mol. The summed E-state index contributed by atoms with van der Waals surface area (Å²) in [7, 11) is 0. The van der Waals surface area contributed by atoms with Gasteiger partial charge in [-0.1, -0.05) is 82.2 Å². The molecular formula is C33H47N7O2. The van der Waals surface area contributed by atoms with Crippen molar-refractivity contribution in [2.45, 2.75) is 89.9 Å². The number of unbranched alkanes of at least 4 members (excludes halogenated alkanes) is 1. The summed E-state index contributed by atoms with van der Waals surface area (Å²) in [5, 5.41) is 15.1. The summed E-state index contributed by atoms with van der Waals surface area (Å²) in [5.41, 5.74) is 2.41. The van der Waals surface area contributed by atoms with Crippen LogP contribution in [0.25, 0.3) is 0 Å². The highest BCUT2D eigenvalue weighted by molar-refractivity contribution is 6.07. The van der Waals surface area contributed by atoms with Gasteiger partial charge in [-0.2, -0.15) is 0 Å². The Balaban J connectivity index is 1.10. The van der Waals surface area contributed by atoms with Crippen LogP contribution in [0.3, 0.4) is 0 Å². The van der Waals surface area contributed by atoms with Crippen LogP contribution in [0, 0.1) is 11.3 Å². The Hall–Kier alpha value is -3.46. The molecule has 226 valence electrons. The monoisotopic (exact) mass is 573 g/mol. The summed E-state index contributed by atoms with van der Waals surface area (Å²) in [6.07, 6.45) is 11.6. The van der Waals surface area contributed by atoms with Crippen LogP contribution in [0.5, 0.6) is 0 Å². The molecule has 3 aliphatic rings. The van der Waals surface area contributed by atoms with E-state index in [1.165, 1.54) is 32.1 Å². The number of hydrogen-bond acceptors (Lipinski definition) is 5. The number of rotatable bonds is 11. The van der Waals surface area contributed by atoms with Gasteiger partial charge in [-0.3, -0.25) is 25.0 Å². The first-order valence-electron chi connectivity index (χ1n) is 15.9. The highest BCUT2D eigenvalue weighted by atomic mass is 16.2. The number of benzene rings is 1. The molecule has 0 radical (unpaired) electrons. The fourth-order valence-electron chi connectivity index (χ4n) is 6.70. The number of pyridine rings is 1. The minimum Gasteiger partial charge on any atom is -0.342 e. The number of urea groups is 1.